The predicted octanol–water partition coefficient (Wildman–Crippen LogP) is 0.728. The molecule has 1 saturated heterocycles. The van der Waals surface area contributed by atoms with Crippen LogP contribution >= 0.6 is 0 Å². The van der Waals surface area contributed by atoms with Crippen molar-refractivity contribution < 1.29 is 4.79 Å². The maximum atomic E-state index is 10.9. The van der Waals surface area contributed by atoms with Gasteiger partial charge in [-0.3, -0.25) is 10.2 Å². The van der Waals surface area contributed by atoms with E-state index in [1.54, 1.807) is 0 Å². The highest BCUT2D eigenvalue weighted by Crippen LogP contribution is 2.05. The molecular weight excluding hydrogens is 140 g/mol. The number of carbonyl (C=O) groups excluding carboxylic acids is 1. The number of amides is 1. The molecule has 0 bridgehead atoms. The van der Waals surface area contributed by atoms with E-state index in [2.05, 4.69) is 12.3 Å². The van der Waals surface area contributed by atoms with Gasteiger partial charge in [0.15, 0.2) is 0 Å². The van der Waals surface area contributed by atoms with Crippen LogP contribution in [0.4, 0.5) is 0 Å². The van der Waals surface area contributed by atoms with Gasteiger partial charge < -0.3 is 0 Å². The average molecular weight is 155 g/mol. The Morgan fingerprint density at radius 3 is 2.55 bits per heavy atom. The van der Waals surface area contributed by atoms with Gasteiger partial charge in [0.25, 0.3) is 0 Å². The SMILES string of the molecule is [CH2]CC(=O)NN1CCCCC1. The lowest BCUT2D eigenvalue weighted by Crippen LogP contribution is -2.44. The molecule has 1 fully saturated rings. The first kappa shape index (κ1) is 8.53. The third-order valence-electron chi connectivity index (χ3n) is 1.87. The van der Waals surface area contributed by atoms with Crippen LogP contribution in [0.2, 0.25) is 0 Å². The van der Waals surface area contributed by atoms with E-state index in [4.69, 9.17) is 0 Å². The van der Waals surface area contributed by atoms with Crippen LogP contribution in [-0.2, 0) is 4.79 Å². The van der Waals surface area contributed by atoms with Crippen molar-refractivity contribution in [3.8, 4) is 0 Å². The number of nitrogens with one attached hydrogen (secondary N) is 1. The van der Waals surface area contributed by atoms with E-state index in [9.17, 15) is 4.79 Å². The third kappa shape index (κ3) is 2.89. The smallest absolute Gasteiger partial charge is 0.234 e. The van der Waals surface area contributed by atoms with Gasteiger partial charge in [-0.15, -0.1) is 0 Å². The zero-order valence-electron chi connectivity index (χ0n) is 6.81. The van der Waals surface area contributed by atoms with Crippen LogP contribution in [0.15, 0.2) is 0 Å². The van der Waals surface area contributed by atoms with Gasteiger partial charge in [-0.1, -0.05) is 6.42 Å². The molecule has 1 rings (SSSR count). The Hall–Kier alpha value is -0.570. The summed E-state index contributed by atoms with van der Waals surface area (Å²) in [7, 11) is 0. The van der Waals surface area contributed by atoms with Crippen molar-refractivity contribution in [1.29, 1.82) is 0 Å². The Labute approximate surface area is 67.7 Å². The van der Waals surface area contributed by atoms with Crippen molar-refractivity contribution in [2.45, 2.75) is 25.7 Å². The van der Waals surface area contributed by atoms with Crippen LogP contribution in [0.3, 0.4) is 0 Å². The molecule has 1 N–H and O–H groups in total. The van der Waals surface area contributed by atoms with Crippen LogP contribution in [0, 0.1) is 6.92 Å². The summed E-state index contributed by atoms with van der Waals surface area (Å²) in [5, 5.41) is 1.98. The number of carbonyl (C=O) groups is 1. The number of nitrogens with zero attached hydrogens (tertiary/aromatic N) is 1. The molecule has 1 heterocycles. The average Bonchev–Trinajstić information content (AvgIpc) is 2.06. The Bertz CT molecular complexity index is 130. The predicted molar refractivity (Wildman–Crippen MR) is 43.5 cm³/mol. The second kappa shape index (κ2) is 4.34. The molecule has 0 aliphatic carbocycles. The van der Waals surface area contributed by atoms with Crippen LogP contribution in [0.1, 0.15) is 25.7 Å². The second-order valence-electron chi connectivity index (χ2n) is 2.83. The first-order chi connectivity index (χ1) is 5.33. The van der Waals surface area contributed by atoms with Gasteiger partial charge in [0.2, 0.25) is 5.91 Å². The Kier molecular flexibility index (Phi) is 3.36. The fourth-order valence-corrected chi connectivity index (χ4v) is 1.24. The maximum absolute atomic E-state index is 10.9. The monoisotopic (exact) mass is 155 g/mol. The molecule has 0 aromatic heterocycles. The van der Waals surface area contributed by atoms with Crippen molar-refractivity contribution in [3.05, 3.63) is 6.92 Å². The second-order valence-corrected chi connectivity index (χ2v) is 2.83. The van der Waals surface area contributed by atoms with Gasteiger partial charge in [0.05, 0.1) is 0 Å². The Morgan fingerprint density at radius 1 is 1.36 bits per heavy atom. The fourth-order valence-electron chi connectivity index (χ4n) is 1.24. The van der Waals surface area contributed by atoms with E-state index >= 15 is 0 Å². The normalized spacial score (nSPS) is 19.7. The van der Waals surface area contributed by atoms with E-state index in [-0.39, 0.29) is 5.91 Å². The van der Waals surface area contributed by atoms with Crippen LogP contribution < -0.4 is 5.43 Å². The number of piperidine rings is 1. The minimum Gasteiger partial charge on any atom is -0.289 e. The van der Waals surface area contributed by atoms with Gasteiger partial charge >= 0.3 is 0 Å². The van der Waals surface area contributed by atoms with E-state index < -0.39 is 0 Å². The molecule has 0 atom stereocenters. The highest BCUT2D eigenvalue weighted by molar-refractivity contribution is 5.75. The van der Waals surface area contributed by atoms with Gasteiger partial charge in [-0.25, -0.2) is 5.01 Å². The van der Waals surface area contributed by atoms with E-state index in [1.807, 2.05) is 5.01 Å². The molecule has 0 aromatic carbocycles. The number of hydrogen-bond donors (Lipinski definition) is 1. The van der Waals surface area contributed by atoms with Crippen molar-refractivity contribution in [3.63, 3.8) is 0 Å². The fraction of sp³-hybridized carbons (Fsp3) is 0.750. The van der Waals surface area contributed by atoms with Gasteiger partial charge in [0.1, 0.15) is 0 Å². The van der Waals surface area contributed by atoms with Gasteiger partial charge in [0, 0.05) is 19.5 Å². The lowest BCUT2D eigenvalue weighted by Gasteiger charge is -2.26. The molecule has 1 aliphatic heterocycles. The van der Waals surface area contributed by atoms with Crippen molar-refractivity contribution >= 4 is 5.91 Å². The zero-order valence-corrected chi connectivity index (χ0v) is 6.81. The van der Waals surface area contributed by atoms with Crippen molar-refractivity contribution in [1.82, 2.24) is 10.4 Å². The lowest BCUT2D eigenvalue weighted by atomic mass is 10.2. The molecule has 0 aromatic rings. The summed E-state index contributed by atoms with van der Waals surface area (Å²) in [4.78, 5) is 10.9. The zero-order chi connectivity index (χ0) is 8.10. The summed E-state index contributed by atoms with van der Waals surface area (Å²) in [6, 6.07) is 0. The molecular formula is C8H15N2O. The van der Waals surface area contributed by atoms with Gasteiger partial charge in [-0.05, 0) is 19.8 Å². The Balaban J connectivity index is 2.19. The summed E-state index contributed by atoms with van der Waals surface area (Å²) in [5.74, 6) is 0.0203. The molecule has 1 aliphatic rings. The molecule has 0 unspecified atom stereocenters. The molecule has 1 amide bonds. The molecule has 3 nitrogen and oxygen atoms in total. The first-order valence-corrected chi connectivity index (χ1v) is 4.16. The summed E-state index contributed by atoms with van der Waals surface area (Å²) in [6.07, 6.45) is 4.00. The summed E-state index contributed by atoms with van der Waals surface area (Å²) < 4.78 is 0. The molecule has 0 saturated carbocycles. The van der Waals surface area contributed by atoms with Gasteiger partial charge in [-0.2, -0.15) is 0 Å². The largest absolute Gasteiger partial charge is 0.289 e. The molecule has 3 heteroatoms. The molecule has 63 valence electrons. The number of rotatable bonds is 2. The molecule has 1 radical (unpaired) electrons. The van der Waals surface area contributed by atoms with E-state index in [1.165, 1.54) is 19.3 Å². The van der Waals surface area contributed by atoms with Crippen LogP contribution in [0.25, 0.3) is 0 Å². The van der Waals surface area contributed by atoms with Crippen LogP contribution in [0.5, 0.6) is 0 Å². The third-order valence-corrected chi connectivity index (χ3v) is 1.87. The summed E-state index contributed by atoms with van der Waals surface area (Å²) >= 11 is 0. The first-order valence-electron chi connectivity index (χ1n) is 4.16. The van der Waals surface area contributed by atoms with Crippen molar-refractivity contribution in [2.24, 2.45) is 0 Å². The standard InChI is InChI=1S/C8H15N2O/c1-2-8(11)9-10-6-4-3-5-7-10/h1-7H2,(H,9,11). The minimum absolute atomic E-state index is 0.0203. The quantitative estimate of drug-likeness (QED) is 0.637. The maximum Gasteiger partial charge on any atom is 0.234 e. The Morgan fingerprint density at radius 2 is 2.00 bits per heavy atom. The lowest BCUT2D eigenvalue weighted by molar-refractivity contribution is -0.125. The topological polar surface area (TPSA) is 32.3 Å². The molecule has 11 heavy (non-hydrogen) atoms. The highest BCUT2D eigenvalue weighted by atomic mass is 16.2. The number of hydrogen-bond acceptors (Lipinski definition) is 2. The summed E-state index contributed by atoms with van der Waals surface area (Å²) in [6.45, 7) is 5.50. The number of hydrazine groups is 1. The van der Waals surface area contributed by atoms with E-state index in [0.29, 0.717) is 6.42 Å². The highest BCUT2D eigenvalue weighted by Gasteiger charge is 2.10. The minimum atomic E-state index is 0.0203. The summed E-state index contributed by atoms with van der Waals surface area (Å²) in [5.41, 5.74) is 2.80. The van der Waals surface area contributed by atoms with Crippen LogP contribution in [-0.4, -0.2) is 24.0 Å². The van der Waals surface area contributed by atoms with E-state index in [0.717, 1.165) is 13.1 Å². The van der Waals surface area contributed by atoms with Crippen molar-refractivity contribution in [2.75, 3.05) is 13.1 Å². The molecule has 0 spiro atoms.